The summed E-state index contributed by atoms with van der Waals surface area (Å²) in [6, 6.07) is 5.34. The van der Waals surface area contributed by atoms with Crippen molar-refractivity contribution in [2.45, 2.75) is 6.42 Å². The van der Waals surface area contributed by atoms with Gasteiger partial charge in [0.05, 0.1) is 12.3 Å². The average molecular weight is 291 g/mol. The molecule has 1 aromatic rings. The van der Waals surface area contributed by atoms with Crippen molar-refractivity contribution in [3.63, 3.8) is 0 Å². The highest BCUT2D eigenvalue weighted by atomic mass is 79.9. The lowest BCUT2D eigenvalue weighted by Gasteiger charge is -2.27. The molecule has 0 spiro atoms. The number of ether oxygens (including phenoxy) is 1. The number of anilines is 1. The molecule has 80 valence electrons. The molecule has 0 unspecified atom stereocenters. The van der Waals surface area contributed by atoms with Gasteiger partial charge in [0.25, 0.3) is 0 Å². The Morgan fingerprint density at radius 3 is 3.00 bits per heavy atom. The molecule has 1 heterocycles. The Bertz CT molecular complexity index is 397. The maximum Gasteiger partial charge on any atom is 0.414 e. The minimum atomic E-state index is -0.316. The molecule has 1 aromatic carbocycles. The molecular weight excluding hydrogens is 281 g/mol. The van der Waals surface area contributed by atoms with E-state index in [9.17, 15) is 4.79 Å². The first-order valence-corrected chi connectivity index (χ1v) is 5.75. The highest BCUT2D eigenvalue weighted by Crippen LogP contribution is 2.30. The first-order valence-electron chi connectivity index (χ1n) is 4.58. The Morgan fingerprint density at radius 2 is 2.27 bits per heavy atom. The third kappa shape index (κ3) is 2.26. The van der Waals surface area contributed by atoms with E-state index in [2.05, 4.69) is 15.9 Å². The molecule has 1 aliphatic heterocycles. The van der Waals surface area contributed by atoms with Crippen LogP contribution in [0.5, 0.6) is 0 Å². The maximum absolute atomic E-state index is 11.5. The zero-order valence-corrected chi connectivity index (χ0v) is 10.2. The number of amides is 1. The van der Waals surface area contributed by atoms with Crippen LogP contribution in [-0.4, -0.2) is 19.2 Å². The number of hydrogen-bond acceptors (Lipinski definition) is 2. The van der Waals surface area contributed by atoms with Gasteiger partial charge in [0.15, 0.2) is 0 Å². The Hall–Kier alpha value is -0.740. The Morgan fingerprint density at radius 1 is 1.47 bits per heavy atom. The van der Waals surface area contributed by atoms with Crippen LogP contribution in [0.4, 0.5) is 10.5 Å². The highest BCUT2D eigenvalue weighted by molar-refractivity contribution is 9.10. The molecule has 2 rings (SSSR count). The topological polar surface area (TPSA) is 29.5 Å². The summed E-state index contributed by atoms with van der Waals surface area (Å²) in [6.45, 7) is 1.16. The first-order chi connectivity index (χ1) is 7.18. The molecule has 3 nitrogen and oxygen atoms in total. The van der Waals surface area contributed by atoms with Gasteiger partial charge in [0.2, 0.25) is 0 Å². The van der Waals surface area contributed by atoms with E-state index in [-0.39, 0.29) is 6.09 Å². The van der Waals surface area contributed by atoms with Gasteiger partial charge in [-0.05, 0) is 40.5 Å². The maximum atomic E-state index is 11.5. The van der Waals surface area contributed by atoms with Crippen LogP contribution >= 0.6 is 27.5 Å². The lowest BCUT2D eigenvalue weighted by molar-refractivity contribution is 0.140. The normalized spacial score (nSPS) is 16.4. The van der Waals surface area contributed by atoms with Crippen molar-refractivity contribution in [2.24, 2.45) is 0 Å². The van der Waals surface area contributed by atoms with Crippen molar-refractivity contribution in [1.29, 1.82) is 0 Å². The van der Waals surface area contributed by atoms with E-state index in [1.165, 1.54) is 0 Å². The first kappa shape index (κ1) is 10.8. The van der Waals surface area contributed by atoms with E-state index in [1.807, 2.05) is 6.07 Å². The average Bonchev–Trinajstić information content (AvgIpc) is 2.23. The summed E-state index contributed by atoms with van der Waals surface area (Å²) in [5, 5.41) is 0.603. The van der Waals surface area contributed by atoms with Crippen LogP contribution in [0.25, 0.3) is 0 Å². The molecule has 0 aromatic heterocycles. The van der Waals surface area contributed by atoms with Crippen molar-refractivity contribution in [2.75, 3.05) is 18.1 Å². The molecule has 0 atom stereocenters. The van der Waals surface area contributed by atoms with E-state index in [0.717, 1.165) is 16.6 Å². The van der Waals surface area contributed by atoms with E-state index in [1.54, 1.807) is 17.0 Å². The van der Waals surface area contributed by atoms with Crippen LogP contribution in [-0.2, 0) is 4.74 Å². The Labute approximate surface area is 101 Å². The fraction of sp³-hybridized carbons (Fsp3) is 0.300. The number of benzene rings is 1. The van der Waals surface area contributed by atoms with Crippen LogP contribution in [0.3, 0.4) is 0 Å². The molecule has 5 heteroatoms. The number of hydrogen-bond donors (Lipinski definition) is 0. The van der Waals surface area contributed by atoms with Crippen molar-refractivity contribution in [1.82, 2.24) is 0 Å². The van der Waals surface area contributed by atoms with E-state index in [0.29, 0.717) is 18.2 Å². The molecule has 0 aliphatic carbocycles. The Kier molecular flexibility index (Phi) is 3.17. The zero-order valence-electron chi connectivity index (χ0n) is 7.87. The van der Waals surface area contributed by atoms with Gasteiger partial charge in [-0.1, -0.05) is 11.6 Å². The van der Waals surface area contributed by atoms with Crippen molar-refractivity contribution in [3.05, 3.63) is 27.7 Å². The molecule has 1 saturated heterocycles. The summed E-state index contributed by atoms with van der Waals surface area (Å²) in [5.41, 5.74) is 0.757. The van der Waals surface area contributed by atoms with E-state index < -0.39 is 0 Å². The molecule has 15 heavy (non-hydrogen) atoms. The number of halogens is 2. The third-order valence-corrected chi connectivity index (χ3v) is 3.08. The molecule has 1 aliphatic rings. The predicted octanol–water partition coefficient (Wildman–Crippen LogP) is 3.45. The minimum absolute atomic E-state index is 0.316. The van der Waals surface area contributed by atoms with Gasteiger partial charge < -0.3 is 4.74 Å². The zero-order chi connectivity index (χ0) is 10.8. The van der Waals surface area contributed by atoms with E-state index >= 15 is 0 Å². The largest absolute Gasteiger partial charge is 0.449 e. The number of nitrogens with zero attached hydrogens (tertiary/aromatic N) is 1. The summed E-state index contributed by atoms with van der Waals surface area (Å²) in [6.07, 6.45) is 0.522. The molecule has 1 amide bonds. The minimum Gasteiger partial charge on any atom is -0.449 e. The van der Waals surface area contributed by atoms with Gasteiger partial charge in [-0.2, -0.15) is 0 Å². The van der Waals surface area contributed by atoms with Gasteiger partial charge >= 0.3 is 6.09 Å². The summed E-state index contributed by atoms with van der Waals surface area (Å²) >= 11 is 9.27. The molecule has 0 radical (unpaired) electrons. The summed E-state index contributed by atoms with van der Waals surface area (Å²) in [4.78, 5) is 13.1. The smallest absolute Gasteiger partial charge is 0.414 e. The van der Waals surface area contributed by atoms with Gasteiger partial charge in [-0.15, -0.1) is 0 Å². The standard InChI is InChI=1S/C10H9BrClNO2/c11-8-3-2-7(12)6-9(8)13-4-1-5-15-10(13)14/h2-3,6H,1,4-5H2. The molecule has 0 N–H and O–H groups in total. The van der Waals surface area contributed by atoms with Crippen LogP contribution in [0.1, 0.15) is 6.42 Å². The van der Waals surface area contributed by atoms with Crippen molar-refractivity contribution >= 4 is 39.3 Å². The Balaban J connectivity index is 2.34. The predicted molar refractivity (Wildman–Crippen MR) is 62.5 cm³/mol. The molecular formula is C10H9BrClNO2. The lowest BCUT2D eigenvalue weighted by atomic mass is 10.2. The van der Waals surface area contributed by atoms with Gasteiger partial charge in [0.1, 0.15) is 0 Å². The van der Waals surface area contributed by atoms with Gasteiger partial charge in [0, 0.05) is 16.0 Å². The van der Waals surface area contributed by atoms with Crippen LogP contribution in [0.2, 0.25) is 5.02 Å². The van der Waals surface area contributed by atoms with Crippen LogP contribution in [0.15, 0.2) is 22.7 Å². The van der Waals surface area contributed by atoms with Gasteiger partial charge in [-0.3, -0.25) is 4.90 Å². The van der Waals surface area contributed by atoms with Gasteiger partial charge in [-0.25, -0.2) is 4.79 Å². The molecule has 1 fully saturated rings. The fourth-order valence-corrected chi connectivity index (χ4v) is 2.09. The quantitative estimate of drug-likeness (QED) is 0.793. The summed E-state index contributed by atoms with van der Waals surface area (Å²) in [5.74, 6) is 0. The fourth-order valence-electron chi connectivity index (χ4n) is 1.46. The van der Waals surface area contributed by atoms with Crippen molar-refractivity contribution < 1.29 is 9.53 Å². The number of carbonyl (C=O) groups excluding carboxylic acids is 1. The second kappa shape index (κ2) is 4.41. The number of carbonyl (C=O) groups is 1. The van der Waals surface area contributed by atoms with Crippen LogP contribution < -0.4 is 4.90 Å². The summed E-state index contributed by atoms with van der Waals surface area (Å²) < 4.78 is 5.80. The number of cyclic esters (lactones) is 1. The number of rotatable bonds is 1. The molecule has 0 bridgehead atoms. The highest BCUT2D eigenvalue weighted by Gasteiger charge is 2.23. The lowest BCUT2D eigenvalue weighted by Crippen LogP contribution is -2.37. The monoisotopic (exact) mass is 289 g/mol. The second-order valence-electron chi connectivity index (χ2n) is 3.22. The molecule has 0 saturated carbocycles. The second-order valence-corrected chi connectivity index (χ2v) is 4.51. The van der Waals surface area contributed by atoms with Crippen LogP contribution in [0, 0.1) is 0 Å². The third-order valence-electron chi connectivity index (χ3n) is 2.17. The SMILES string of the molecule is O=C1OCCCN1c1cc(Cl)ccc1Br. The summed E-state index contributed by atoms with van der Waals surface area (Å²) in [7, 11) is 0. The van der Waals surface area contributed by atoms with Crippen molar-refractivity contribution in [3.8, 4) is 0 Å². The van der Waals surface area contributed by atoms with E-state index in [4.69, 9.17) is 16.3 Å².